The largest absolute Gasteiger partial charge is 0.443 e. The second-order valence-corrected chi connectivity index (χ2v) is 13.0. The number of nitrogens with one attached hydrogen (secondary N) is 2. The maximum atomic E-state index is 13.6. The maximum Gasteiger partial charge on any atom is 0.422 e. The van der Waals surface area contributed by atoms with E-state index >= 15 is 0 Å². The zero-order valence-corrected chi connectivity index (χ0v) is 23.0. The first-order valence-corrected chi connectivity index (χ1v) is 14.0. The highest BCUT2D eigenvalue weighted by Crippen LogP contribution is 2.45. The lowest BCUT2D eigenvalue weighted by Gasteiger charge is -2.37. The standard InChI is InChI=1S/C27H33N5O5S/c1-26(2,3)37-25(34)30-38(35,36)32-12-10-31(11-13-32)17-7-9-18-20(15-17)27(4,5)24-22(23(18)33)19-8-6-16(28)14-21(19)29-24/h6-9,14-15,29H,10-13,28H2,1-5H3,(H,30,34). The fourth-order valence-electron chi connectivity index (χ4n) is 5.29. The number of hydrogen-bond acceptors (Lipinski definition) is 7. The Morgan fingerprint density at radius 2 is 1.76 bits per heavy atom. The zero-order chi connectivity index (χ0) is 27.6. The SMILES string of the molecule is CC(C)(C)OC(=O)NS(=O)(=O)N1CCN(c2ccc3c(c2)C(C)(C)c2[nH]c4cc(N)ccc4c2C3=O)CC1. The first-order valence-electron chi connectivity index (χ1n) is 12.5. The van der Waals surface area contributed by atoms with Crippen LogP contribution in [0, 0.1) is 0 Å². The minimum atomic E-state index is -4.03. The number of nitrogens with two attached hydrogens (primary N) is 1. The molecule has 10 nitrogen and oxygen atoms in total. The highest BCUT2D eigenvalue weighted by Gasteiger charge is 2.40. The summed E-state index contributed by atoms with van der Waals surface area (Å²) in [5.74, 6) is -0.0268. The monoisotopic (exact) mass is 539 g/mol. The predicted molar refractivity (Wildman–Crippen MR) is 147 cm³/mol. The van der Waals surface area contributed by atoms with E-state index in [1.165, 1.54) is 4.31 Å². The Balaban J connectivity index is 1.36. The number of aromatic nitrogens is 1. The van der Waals surface area contributed by atoms with E-state index in [9.17, 15) is 18.0 Å². The van der Waals surface area contributed by atoms with Crippen molar-refractivity contribution >= 4 is 44.4 Å². The summed E-state index contributed by atoms with van der Waals surface area (Å²) in [6.07, 6.45) is -0.999. The lowest BCUT2D eigenvalue weighted by molar-refractivity contribution is 0.0566. The number of H-pyrrole nitrogens is 1. The van der Waals surface area contributed by atoms with Crippen LogP contribution >= 0.6 is 0 Å². The Bertz CT molecular complexity index is 1560. The number of rotatable bonds is 3. The number of ketones is 1. The van der Waals surface area contributed by atoms with Crippen LogP contribution in [-0.4, -0.2) is 61.4 Å². The molecule has 1 aliphatic carbocycles. The molecule has 1 amide bonds. The molecular formula is C27H33N5O5S. The first-order chi connectivity index (χ1) is 17.7. The number of carbonyl (C=O) groups excluding carboxylic acids is 2. The van der Waals surface area contributed by atoms with Crippen molar-refractivity contribution in [2.45, 2.75) is 45.6 Å². The second kappa shape index (κ2) is 8.74. The van der Waals surface area contributed by atoms with E-state index < -0.39 is 27.3 Å². The van der Waals surface area contributed by atoms with Crippen LogP contribution in [0.3, 0.4) is 0 Å². The number of nitrogen functional groups attached to an aromatic ring is 1. The molecule has 5 rings (SSSR count). The Morgan fingerprint density at radius 1 is 1.08 bits per heavy atom. The van der Waals surface area contributed by atoms with Crippen molar-refractivity contribution in [1.82, 2.24) is 14.0 Å². The number of fused-ring (bicyclic) bond motifs is 4. The van der Waals surface area contributed by atoms with Crippen molar-refractivity contribution in [2.75, 3.05) is 36.8 Å². The number of aromatic amines is 1. The normalized spacial score (nSPS) is 17.7. The van der Waals surface area contributed by atoms with Gasteiger partial charge in [-0.15, -0.1) is 0 Å². The van der Waals surface area contributed by atoms with Gasteiger partial charge in [0.05, 0.1) is 5.56 Å². The maximum absolute atomic E-state index is 13.6. The topological polar surface area (TPSA) is 138 Å². The van der Waals surface area contributed by atoms with Gasteiger partial charge in [0.1, 0.15) is 5.60 Å². The molecule has 3 aromatic rings. The van der Waals surface area contributed by atoms with Crippen LogP contribution in [0.2, 0.25) is 0 Å². The first kappa shape index (κ1) is 26.1. The summed E-state index contributed by atoms with van der Waals surface area (Å²) >= 11 is 0. The Hall–Kier alpha value is -3.57. The lowest BCUT2D eigenvalue weighted by Crippen LogP contribution is -2.53. The number of anilines is 2. The summed E-state index contributed by atoms with van der Waals surface area (Å²) in [6, 6.07) is 11.3. The third kappa shape index (κ3) is 4.49. The molecule has 1 saturated heterocycles. The quantitative estimate of drug-likeness (QED) is 0.433. The van der Waals surface area contributed by atoms with Crippen LogP contribution in [-0.2, 0) is 20.4 Å². The summed E-state index contributed by atoms with van der Waals surface area (Å²) in [5.41, 5.74) is 10.2. The van der Waals surface area contributed by atoms with E-state index in [4.69, 9.17) is 10.5 Å². The molecule has 1 fully saturated rings. The summed E-state index contributed by atoms with van der Waals surface area (Å²) in [4.78, 5) is 31.1. The molecule has 2 aliphatic rings. The third-order valence-corrected chi connectivity index (χ3v) is 8.62. The van der Waals surface area contributed by atoms with Crippen molar-refractivity contribution in [1.29, 1.82) is 0 Å². The smallest absolute Gasteiger partial charge is 0.422 e. The van der Waals surface area contributed by atoms with Gasteiger partial charge < -0.3 is 20.4 Å². The summed E-state index contributed by atoms with van der Waals surface area (Å²) in [5, 5.41) is 0.860. The van der Waals surface area contributed by atoms with Gasteiger partial charge in [-0.3, -0.25) is 4.79 Å². The highest BCUT2D eigenvalue weighted by molar-refractivity contribution is 7.87. The molecule has 1 aromatic heterocycles. The zero-order valence-electron chi connectivity index (χ0n) is 22.2. The van der Waals surface area contributed by atoms with Crippen LogP contribution in [0.5, 0.6) is 0 Å². The van der Waals surface area contributed by atoms with E-state index in [-0.39, 0.29) is 18.9 Å². The molecule has 2 aromatic carbocycles. The number of benzene rings is 2. The molecule has 1 aliphatic heterocycles. The molecule has 4 N–H and O–H groups in total. The van der Waals surface area contributed by atoms with Crippen LogP contribution in [0.25, 0.3) is 10.9 Å². The number of ether oxygens (including phenoxy) is 1. The van der Waals surface area contributed by atoms with Gasteiger partial charge >= 0.3 is 16.3 Å². The van der Waals surface area contributed by atoms with Crippen LogP contribution in [0.4, 0.5) is 16.2 Å². The molecule has 11 heteroatoms. The van der Waals surface area contributed by atoms with Crippen LogP contribution in [0.1, 0.15) is 61.8 Å². The van der Waals surface area contributed by atoms with Gasteiger partial charge in [0, 0.05) is 65.1 Å². The molecule has 38 heavy (non-hydrogen) atoms. The van der Waals surface area contributed by atoms with Crippen molar-refractivity contribution in [3.8, 4) is 0 Å². The van der Waals surface area contributed by atoms with E-state index in [2.05, 4.69) is 23.7 Å². The van der Waals surface area contributed by atoms with Gasteiger partial charge in [-0.25, -0.2) is 9.52 Å². The molecule has 202 valence electrons. The lowest BCUT2D eigenvalue weighted by atomic mass is 9.71. The molecule has 0 spiro atoms. The van der Waals surface area contributed by atoms with Gasteiger partial charge in [-0.05, 0) is 56.7 Å². The number of piperazine rings is 1. The number of amides is 1. The van der Waals surface area contributed by atoms with Crippen molar-refractivity contribution in [3.05, 3.63) is 58.8 Å². The average molecular weight is 540 g/mol. The molecule has 2 heterocycles. The van der Waals surface area contributed by atoms with Gasteiger partial charge in [-0.2, -0.15) is 12.7 Å². The second-order valence-electron chi connectivity index (χ2n) is 11.4. The summed E-state index contributed by atoms with van der Waals surface area (Å²) < 4.78 is 33.7. The van der Waals surface area contributed by atoms with Crippen molar-refractivity contribution in [2.24, 2.45) is 0 Å². The number of carbonyl (C=O) groups is 2. The molecule has 0 radical (unpaired) electrons. The third-order valence-electron chi connectivity index (χ3n) is 7.15. The summed E-state index contributed by atoms with van der Waals surface area (Å²) in [7, 11) is -4.03. The number of hydrogen-bond donors (Lipinski definition) is 3. The predicted octanol–water partition coefficient (Wildman–Crippen LogP) is 3.51. The minimum absolute atomic E-state index is 0.0268. The van der Waals surface area contributed by atoms with Crippen LogP contribution in [0.15, 0.2) is 36.4 Å². The Labute approximate surface area is 222 Å². The van der Waals surface area contributed by atoms with Gasteiger partial charge in [0.2, 0.25) is 0 Å². The fourth-order valence-corrected chi connectivity index (χ4v) is 6.31. The molecule has 0 bridgehead atoms. The molecule has 0 atom stereocenters. The fraction of sp³-hybridized carbons (Fsp3) is 0.407. The Kier molecular flexibility index (Phi) is 5.99. The highest BCUT2D eigenvalue weighted by atomic mass is 32.2. The van der Waals surface area contributed by atoms with Crippen LogP contribution < -0.4 is 15.4 Å². The molecule has 0 unspecified atom stereocenters. The average Bonchev–Trinajstić information content (AvgIpc) is 3.21. The number of nitrogens with zero attached hydrogens (tertiary/aromatic N) is 2. The molecule has 0 saturated carbocycles. The van der Waals surface area contributed by atoms with Gasteiger partial charge in [-0.1, -0.05) is 19.9 Å². The molecular weight excluding hydrogens is 506 g/mol. The van der Waals surface area contributed by atoms with Crippen molar-refractivity contribution in [3.63, 3.8) is 0 Å². The summed E-state index contributed by atoms with van der Waals surface area (Å²) in [6.45, 7) is 10.4. The Morgan fingerprint density at radius 3 is 2.42 bits per heavy atom. The van der Waals surface area contributed by atoms with E-state index in [1.54, 1.807) is 26.8 Å². The van der Waals surface area contributed by atoms with Gasteiger partial charge in [0.25, 0.3) is 0 Å². The van der Waals surface area contributed by atoms with E-state index in [1.807, 2.05) is 35.1 Å². The van der Waals surface area contributed by atoms with Crippen molar-refractivity contribution < 1.29 is 22.7 Å². The van der Waals surface area contributed by atoms with Gasteiger partial charge in [0.15, 0.2) is 5.78 Å². The van der Waals surface area contributed by atoms with E-state index in [0.717, 1.165) is 27.8 Å². The minimum Gasteiger partial charge on any atom is -0.443 e. The van der Waals surface area contributed by atoms with E-state index in [0.29, 0.717) is 29.9 Å².